The first-order chi connectivity index (χ1) is 14.1. The van der Waals surface area contributed by atoms with Gasteiger partial charge >= 0.3 is 6.36 Å². The fourth-order valence-corrected chi connectivity index (χ4v) is 4.38. The second kappa shape index (κ2) is 9.19. The van der Waals surface area contributed by atoms with E-state index in [0.29, 0.717) is 29.3 Å². The summed E-state index contributed by atoms with van der Waals surface area (Å²) < 4.78 is 67.1. The van der Waals surface area contributed by atoms with Crippen LogP contribution in [0.25, 0.3) is 0 Å². The van der Waals surface area contributed by atoms with Crippen LogP contribution in [0.2, 0.25) is 5.02 Å². The second-order valence-corrected chi connectivity index (χ2v) is 8.69. The van der Waals surface area contributed by atoms with Gasteiger partial charge in [0.25, 0.3) is 0 Å². The van der Waals surface area contributed by atoms with E-state index in [1.54, 1.807) is 18.3 Å². The SMILES string of the molecule is O=S(=O)(c1ccc(OC(F)(F)F)cc1)N1CCC(=NOCc2cc(Cl)ccn2)CC1. The predicted molar refractivity (Wildman–Crippen MR) is 103 cm³/mol. The number of nitrogens with zero attached hydrogens (tertiary/aromatic N) is 3. The van der Waals surface area contributed by atoms with Crippen LogP contribution < -0.4 is 4.74 Å². The Kier molecular flexibility index (Phi) is 6.84. The van der Waals surface area contributed by atoms with Gasteiger partial charge in [-0.05, 0) is 36.4 Å². The van der Waals surface area contributed by atoms with Gasteiger partial charge in [0.2, 0.25) is 10.0 Å². The zero-order valence-electron chi connectivity index (χ0n) is 15.5. The van der Waals surface area contributed by atoms with Gasteiger partial charge in [-0.2, -0.15) is 4.31 Å². The molecule has 1 aliphatic heterocycles. The van der Waals surface area contributed by atoms with E-state index in [1.165, 1.54) is 4.31 Å². The van der Waals surface area contributed by atoms with Gasteiger partial charge in [-0.1, -0.05) is 16.8 Å². The van der Waals surface area contributed by atoms with Crippen molar-refractivity contribution < 1.29 is 31.2 Å². The third kappa shape index (κ3) is 6.07. The number of pyridine rings is 1. The number of halogens is 4. The Morgan fingerprint density at radius 1 is 1.13 bits per heavy atom. The van der Waals surface area contributed by atoms with Crippen LogP contribution in [0.5, 0.6) is 5.75 Å². The smallest absolute Gasteiger partial charge is 0.406 e. The molecule has 0 saturated carbocycles. The Labute approximate surface area is 176 Å². The van der Waals surface area contributed by atoms with Crippen LogP contribution in [-0.4, -0.2) is 42.9 Å². The quantitative estimate of drug-likeness (QED) is 0.605. The van der Waals surface area contributed by atoms with E-state index < -0.39 is 22.1 Å². The number of aromatic nitrogens is 1. The monoisotopic (exact) mass is 463 g/mol. The molecule has 0 amide bonds. The lowest BCUT2D eigenvalue weighted by atomic mass is 10.1. The van der Waals surface area contributed by atoms with Crippen molar-refractivity contribution in [2.75, 3.05) is 13.1 Å². The number of oxime groups is 1. The molecule has 2 heterocycles. The lowest BCUT2D eigenvalue weighted by Crippen LogP contribution is -2.38. The normalized spacial score (nSPS) is 15.7. The van der Waals surface area contributed by atoms with Crippen molar-refractivity contribution in [1.29, 1.82) is 0 Å². The molecule has 3 rings (SSSR count). The molecular weight excluding hydrogens is 447 g/mol. The molecule has 0 radical (unpaired) electrons. The predicted octanol–water partition coefficient (Wildman–Crippen LogP) is 3.99. The molecular formula is C18H17ClF3N3O4S. The number of hydrogen-bond donors (Lipinski definition) is 0. The minimum Gasteiger partial charge on any atom is -0.406 e. The zero-order valence-corrected chi connectivity index (χ0v) is 17.0. The molecule has 7 nitrogen and oxygen atoms in total. The highest BCUT2D eigenvalue weighted by Crippen LogP contribution is 2.26. The molecule has 0 atom stereocenters. The number of sulfonamides is 1. The Hall–Kier alpha value is -2.37. The highest BCUT2D eigenvalue weighted by molar-refractivity contribution is 7.89. The van der Waals surface area contributed by atoms with Gasteiger partial charge in [-0.15, -0.1) is 13.2 Å². The Balaban J connectivity index is 1.55. The number of piperidine rings is 1. The molecule has 0 bridgehead atoms. The minimum absolute atomic E-state index is 0.110. The highest BCUT2D eigenvalue weighted by atomic mass is 35.5. The average molecular weight is 464 g/mol. The molecule has 162 valence electrons. The van der Waals surface area contributed by atoms with Gasteiger partial charge < -0.3 is 9.57 Å². The van der Waals surface area contributed by atoms with Gasteiger partial charge in [-0.3, -0.25) is 4.98 Å². The van der Waals surface area contributed by atoms with Crippen molar-refractivity contribution in [3.63, 3.8) is 0 Å². The first-order valence-electron chi connectivity index (χ1n) is 8.77. The van der Waals surface area contributed by atoms with Crippen LogP contribution in [0, 0.1) is 0 Å². The second-order valence-electron chi connectivity index (χ2n) is 6.32. The van der Waals surface area contributed by atoms with Gasteiger partial charge in [0.15, 0.2) is 6.61 Å². The minimum atomic E-state index is -4.84. The van der Waals surface area contributed by atoms with E-state index in [9.17, 15) is 21.6 Å². The average Bonchev–Trinajstić information content (AvgIpc) is 2.68. The van der Waals surface area contributed by atoms with Crippen molar-refractivity contribution >= 4 is 27.3 Å². The maximum atomic E-state index is 12.7. The Morgan fingerprint density at radius 3 is 2.40 bits per heavy atom. The lowest BCUT2D eigenvalue weighted by Gasteiger charge is -2.26. The molecule has 0 aliphatic carbocycles. The first-order valence-corrected chi connectivity index (χ1v) is 10.6. The molecule has 2 aromatic rings. The number of hydrogen-bond acceptors (Lipinski definition) is 6. The maximum Gasteiger partial charge on any atom is 0.573 e. The van der Waals surface area contributed by atoms with Crippen LogP contribution in [0.1, 0.15) is 18.5 Å². The lowest BCUT2D eigenvalue weighted by molar-refractivity contribution is -0.274. The third-order valence-corrected chi connectivity index (χ3v) is 6.33. The molecule has 0 N–H and O–H groups in total. The summed E-state index contributed by atoms with van der Waals surface area (Å²) in [4.78, 5) is 9.24. The molecule has 1 saturated heterocycles. The van der Waals surface area contributed by atoms with E-state index in [0.717, 1.165) is 24.3 Å². The molecule has 0 spiro atoms. The van der Waals surface area contributed by atoms with Gasteiger partial charge in [0.05, 0.1) is 16.3 Å². The summed E-state index contributed by atoms with van der Waals surface area (Å²) in [6.07, 6.45) is -2.54. The van der Waals surface area contributed by atoms with E-state index in [1.807, 2.05) is 0 Å². The van der Waals surface area contributed by atoms with E-state index >= 15 is 0 Å². The van der Waals surface area contributed by atoms with Crippen molar-refractivity contribution in [3.8, 4) is 5.75 Å². The third-order valence-electron chi connectivity index (χ3n) is 4.18. The standard InChI is InChI=1S/C18H17ClF3N3O4S/c19-13-5-8-23-15(11-13)12-28-24-14-6-9-25(10-7-14)30(26,27)17-3-1-16(2-4-17)29-18(20,21)22/h1-5,8,11H,6-7,9-10,12H2. The highest BCUT2D eigenvalue weighted by Gasteiger charge is 2.32. The molecule has 30 heavy (non-hydrogen) atoms. The van der Waals surface area contributed by atoms with Crippen LogP contribution >= 0.6 is 11.6 Å². The summed E-state index contributed by atoms with van der Waals surface area (Å²) in [6.45, 7) is 0.500. The zero-order chi connectivity index (χ0) is 21.8. The molecule has 12 heteroatoms. The van der Waals surface area contributed by atoms with E-state index in [-0.39, 0.29) is 24.6 Å². The number of alkyl halides is 3. The van der Waals surface area contributed by atoms with Gasteiger partial charge in [-0.25, -0.2) is 8.42 Å². The maximum absolute atomic E-state index is 12.7. The summed E-state index contributed by atoms with van der Waals surface area (Å²) in [5.74, 6) is -0.485. The topological polar surface area (TPSA) is 81.1 Å². The van der Waals surface area contributed by atoms with Crippen LogP contribution in [-0.2, 0) is 21.5 Å². The summed E-state index contributed by atoms with van der Waals surface area (Å²) in [5.41, 5.74) is 1.32. The fourth-order valence-electron chi connectivity index (χ4n) is 2.76. The summed E-state index contributed by atoms with van der Waals surface area (Å²) in [6, 6.07) is 7.40. The number of benzene rings is 1. The van der Waals surface area contributed by atoms with E-state index in [4.69, 9.17) is 16.4 Å². The van der Waals surface area contributed by atoms with E-state index in [2.05, 4.69) is 14.9 Å². The molecule has 1 fully saturated rings. The van der Waals surface area contributed by atoms with Gasteiger partial charge in [0, 0.05) is 37.2 Å². The molecule has 1 aromatic carbocycles. The molecule has 1 aromatic heterocycles. The Bertz CT molecular complexity index is 1000. The number of rotatable bonds is 6. The molecule has 0 unspecified atom stereocenters. The van der Waals surface area contributed by atoms with Crippen LogP contribution in [0.4, 0.5) is 13.2 Å². The fraction of sp³-hybridized carbons (Fsp3) is 0.333. The largest absolute Gasteiger partial charge is 0.573 e. The summed E-state index contributed by atoms with van der Waals surface area (Å²) in [5, 5.41) is 4.57. The van der Waals surface area contributed by atoms with Crippen molar-refractivity contribution in [1.82, 2.24) is 9.29 Å². The van der Waals surface area contributed by atoms with Crippen molar-refractivity contribution in [2.45, 2.75) is 30.7 Å². The van der Waals surface area contributed by atoms with Gasteiger partial charge in [0.1, 0.15) is 5.75 Å². The summed E-state index contributed by atoms with van der Waals surface area (Å²) in [7, 11) is -3.84. The van der Waals surface area contributed by atoms with Crippen molar-refractivity contribution in [3.05, 3.63) is 53.3 Å². The Morgan fingerprint density at radius 2 is 1.80 bits per heavy atom. The van der Waals surface area contributed by atoms with Crippen LogP contribution in [0.15, 0.2) is 52.6 Å². The number of ether oxygens (including phenoxy) is 1. The molecule has 1 aliphatic rings. The summed E-state index contributed by atoms with van der Waals surface area (Å²) >= 11 is 5.87. The first kappa shape index (κ1) is 22.3. The van der Waals surface area contributed by atoms with Crippen molar-refractivity contribution in [2.24, 2.45) is 5.16 Å². The van der Waals surface area contributed by atoms with Crippen LogP contribution in [0.3, 0.4) is 0 Å².